The molecule has 0 bridgehead atoms. The highest BCUT2D eigenvalue weighted by Crippen LogP contribution is 2.22. The molecule has 0 aliphatic rings. The number of fused-ring (bicyclic) bond motifs is 1. The van der Waals surface area contributed by atoms with Gasteiger partial charge < -0.3 is 9.73 Å². The van der Waals surface area contributed by atoms with Gasteiger partial charge in [0.15, 0.2) is 0 Å². The fourth-order valence-electron chi connectivity index (χ4n) is 2.84. The van der Waals surface area contributed by atoms with E-state index in [0.29, 0.717) is 18.3 Å². The van der Waals surface area contributed by atoms with Gasteiger partial charge in [-0.3, -0.25) is 9.78 Å². The SMILES string of the molecule is O=C(Cc1nnc(-c2ccc3ncccc3c2)o1)NCCc1ccccc1. The first-order valence-corrected chi connectivity index (χ1v) is 8.76. The van der Waals surface area contributed by atoms with Gasteiger partial charge in [0.05, 0.1) is 5.52 Å². The Labute approximate surface area is 156 Å². The summed E-state index contributed by atoms with van der Waals surface area (Å²) in [6.07, 6.45) is 2.60. The van der Waals surface area contributed by atoms with E-state index in [1.807, 2.05) is 60.7 Å². The number of nitrogens with one attached hydrogen (secondary N) is 1. The molecule has 2 aromatic heterocycles. The van der Waals surface area contributed by atoms with Crippen molar-refractivity contribution in [1.82, 2.24) is 20.5 Å². The molecule has 1 N–H and O–H groups in total. The molecule has 4 aromatic rings. The average Bonchev–Trinajstić information content (AvgIpc) is 3.17. The number of aromatic nitrogens is 3. The summed E-state index contributed by atoms with van der Waals surface area (Å²) in [4.78, 5) is 16.4. The minimum absolute atomic E-state index is 0.0664. The summed E-state index contributed by atoms with van der Waals surface area (Å²) < 4.78 is 5.65. The molecule has 2 heterocycles. The number of amides is 1. The molecule has 0 unspecified atom stereocenters. The lowest BCUT2D eigenvalue weighted by molar-refractivity contribution is -0.120. The summed E-state index contributed by atoms with van der Waals surface area (Å²) in [6.45, 7) is 0.571. The minimum Gasteiger partial charge on any atom is -0.420 e. The van der Waals surface area contributed by atoms with E-state index in [2.05, 4.69) is 20.5 Å². The molecule has 134 valence electrons. The van der Waals surface area contributed by atoms with E-state index in [9.17, 15) is 4.79 Å². The van der Waals surface area contributed by atoms with Crippen molar-refractivity contribution in [2.45, 2.75) is 12.8 Å². The number of pyridine rings is 1. The van der Waals surface area contributed by atoms with E-state index in [4.69, 9.17) is 4.42 Å². The lowest BCUT2D eigenvalue weighted by Crippen LogP contribution is -2.27. The zero-order chi connectivity index (χ0) is 18.5. The summed E-state index contributed by atoms with van der Waals surface area (Å²) in [6, 6.07) is 19.6. The Morgan fingerprint density at radius 2 is 1.89 bits per heavy atom. The van der Waals surface area contributed by atoms with Gasteiger partial charge in [-0.1, -0.05) is 36.4 Å². The average molecular weight is 358 g/mol. The summed E-state index contributed by atoms with van der Waals surface area (Å²) in [5, 5.41) is 11.9. The second-order valence-electron chi connectivity index (χ2n) is 6.17. The topological polar surface area (TPSA) is 80.9 Å². The molecule has 6 nitrogen and oxygen atoms in total. The summed E-state index contributed by atoms with van der Waals surface area (Å²) >= 11 is 0. The number of hydrogen-bond acceptors (Lipinski definition) is 5. The monoisotopic (exact) mass is 358 g/mol. The van der Waals surface area contributed by atoms with Crippen molar-refractivity contribution in [3.8, 4) is 11.5 Å². The molecular weight excluding hydrogens is 340 g/mol. The van der Waals surface area contributed by atoms with Crippen LogP contribution in [-0.2, 0) is 17.6 Å². The molecule has 6 heteroatoms. The quantitative estimate of drug-likeness (QED) is 0.572. The van der Waals surface area contributed by atoms with Crippen molar-refractivity contribution in [3.63, 3.8) is 0 Å². The van der Waals surface area contributed by atoms with E-state index >= 15 is 0 Å². The van der Waals surface area contributed by atoms with Gasteiger partial charge in [-0.2, -0.15) is 0 Å². The highest BCUT2D eigenvalue weighted by atomic mass is 16.4. The van der Waals surface area contributed by atoms with Gasteiger partial charge in [-0.15, -0.1) is 10.2 Å². The molecule has 0 spiro atoms. The third kappa shape index (κ3) is 4.17. The van der Waals surface area contributed by atoms with E-state index in [-0.39, 0.29) is 12.3 Å². The van der Waals surface area contributed by atoms with Gasteiger partial charge in [0, 0.05) is 23.7 Å². The number of rotatable bonds is 6. The highest BCUT2D eigenvalue weighted by molar-refractivity contribution is 5.82. The Morgan fingerprint density at radius 1 is 1.00 bits per heavy atom. The zero-order valence-electron chi connectivity index (χ0n) is 14.6. The van der Waals surface area contributed by atoms with E-state index in [1.165, 1.54) is 5.56 Å². The number of carbonyl (C=O) groups excluding carboxylic acids is 1. The smallest absolute Gasteiger partial charge is 0.247 e. The van der Waals surface area contributed by atoms with Crippen LogP contribution in [0.15, 0.2) is 71.3 Å². The lowest BCUT2D eigenvalue weighted by Gasteiger charge is -2.03. The predicted octanol–water partition coefficient (Wildman–Crippen LogP) is 3.19. The first-order chi connectivity index (χ1) is 13.3. The molecule has 27 heavy (non-hydrogen) atoms. The van der Waals surface area contributed by atoms with Crippen LogP contribution < -0.4 is 5.32 Å². The Kier molecular flexibility index (Phi) is 4.87. The lowest BCUT2D eigenvalue weighted by atomic mass is 10.1. The fourth-order valence-corrected chi connectivity index (χ4v) is 2.84. The van der Waals surface area contributed by atoms with Crippen LogP contribution in [0.5, 0.6) is 0 Å². The predicted molar refractivity (Wildman–Crippen MR) is 102 cm³/mol. The zero-order valence-corrected chi connectivity index (χ0v) is 14.6. The van der Waals surface area contributed by atoms with Crippen molar-refractivity contribution < 1.29 is 9.21 Å². The third-order valence-corrected chi connectivity index (χ3v) is 4.21. The molecule has 0 atom stereocenters. The van der Waals surface area contributed by atoms with Crippen LogP contribution in [0.4, 0.5) is 0 Å². The Balaban J connectivity index is 1.36. The van der Waals surface area contributed by atoms with E-state index in [0.717, 1.165) is 22.9 Å². The molecule has 0 fully saturated rings. The van der Waals surface area contributed by atoms with Gasteiger partial charge in [0.1, 0.15) is 6.42 Å². The summed E-state index contributed by atoms with van der Waals surface area (Å²) in [5.41, 5.74) is 2.89. The van der Waals surface area contributed by atoms with Gasteiger partial charge in [-0.05, 0) is 36.2 Å². The van der Waals surface area contributed by atoms with Crippen LogP contribution in [0.1, 0.15) is 11.5 Å². The molecule has 0 radical (unpaired) electrons. The molecule has 0 saturated heterocycles. The van der Waals surface area contributed by atoms with Crippen molar-refractivity contribution in [2.75, 3.05) is 6.54 Å². The molecule has 0 aliphatic heterocycles. The standard InChI is InChI=1S/C21H18N4O2/c26-19(23-12-10-15-5-2-1-3-6-15)14-20-24-25-21(27-20)17-8-9-18-16(13-17)7-4-11-22-18/h1-9,11,13H,10,12,14H2,(H,23,26). The van der Waals surface area contributed by atoms with Crippen molar-refractivity contribution in [3.05, 3.63) is 78.3 Å². The maximum atomic E-state index is 12.1. The largest absolute Gasteiger partial charge is 0.420 e. The van der Waals surface area contributed by atoms with Gasteiger partial charge in [-0.25, -0.2) is 0 Å². The van der Waals surface area contributed by atoms with Gasteiger partial charge in [0.25, 0.3) is 0 Å². The van der Waals surface area contributed by atoms with Crippen LogP contribution in [0, 0.1) is 0 Å². The molecule has 2 aromatic carbocycles. The van der Waals surface area contributed by atoms with Gasteiger partial charge >= 0.3 is 0 Å². The molecular formula is C21H18N4O2. The Bertz CT molecular complexity index is 1060. The number of hydrogen-bond donors (Lipinski definition) is 1. The van der Waals surface area contributed by atoms with Crippen molar-refractivity contribution >= 4 is 16.8 Å². The van der Waals surface area contributed by atoms with Crippen LogP contribution in [0.3, 0.4) is 0 Å². The minimum atomic E-state index is -0.135. The second-order valence-corrected chi connectivity index (χ2v) is 6.17. The van der Waals surface area contributed by atoms with Gasteiger partial charge in [0.2, 0.25) is 17.7 Å². The van der Waals surface area contributed by atoms with E-state index in [1.54, 1.807) is 6.20 Å². The third-order valence-electron chi connectivity index (χ3n) is 4.21. The Hall–Kier alpha value is -3.54. The van der Waals surface area contributed by atoms with Crippen molar-refractivity contribution in [1.29, 1.82) is 0 Å². The molecule has 0 aliphatic carbocycles. The Morgan fingerprint density at radius 3 is 2.78 bits per heavy atom. The molecule has 0 saturated carbocycles. The van der Waals surface area contributed by atoms with Crippen LogP contribution >= 0.6 is 0 Å². The normalized spacial score (nSPS) is 10.8. The summed E-state index contributed by atoms with van der Waals surface area (Å²) in [7, 11) is 0. The number of nitrogens with zero attached hydrogens (tertiary/aromatic N) is 3. The van der Waals surface area contributed by atoms with Crippen LogP contribution in [0.25, 0.3) is 22.4 Å². The maximum absolute atomic E-state index is 12.1. The molecule has 1 amide bonds. The number of carbonyl (C=O) groups is 1. The number of benzene rings is 2. The first kappa shape index (κ1) is 16.9. The fraction of sp³-hybridized carbons (Fsp3) is 0.143. The molecule has 4 rings (SSSR count). The first-order valence-electron chi connectivity index (χ1n) is 8.76. The van der Waals surface area contributed by atoms with Crippen LogP contribution in [-0.4, -0.2) is 27.6 Å². The maximum Gasteiger partial charge on any atom is 0.247 e. The van der Waals surface area contributed by atoms with Crippen molar-refractivity contribution in [2.24, 2.45) is 0 Å². The van der Waals surface area contributed by atoms with Crippen LogP contribution in [0.2, 0.25) is 0 Å². The van der Waals surface area contributed by atoms with E-state index < -0.39 is 0 Å². The second kappa shape index (κ2) is 7.78. The summed E-state index contributed by atoms with van der Waals surface area (Å²) in [5.74, 6) is 0.560. The highest BCUT2D eigenvalue weighted by Gasteiger charge is 2.12.